The molecule has 1 saturated heterocycles. The van der Waals surface area contributed by atoms with Crippen LogP contribution in [0.25, 0.3) is 11.1 Å². The number of piperazine rings is 1. The van der Waals surface area contributed by atoms with Crippen LogP contribution >= 0.6 is 0 Å². The van der Waals surface area contributed by atoms with Gasteiger partial charge in [0.25, 0.3) is 0 Å². The molecule has 29 heavy (non-hydrogen) atoms. The van der Waals surface area contributed by atoms with Gasteiger partial charge in [0.1, 0.15) is 0 Å². The first-order valence-corrected chi connectivity index (χ1v) is 9.25. The number of hydrogen-bond acceptors (Lipinski definition) is 5. The molecule has 1 aliphatic rings. The number of nitrogens with one attached hydrogen (secondary N) is 1. The van der Waals surface area contributed by atoms with Crippen molar-refractivity contribution in [3.05, 3.63) is 64.1 Å². The summed E-state index contributed by atoms with van der Waals surface area (Å²) < 4.78 is 43.8. The van der Waals surface area contributed by atoms with Crippen molar-refractivity contribution < 1.29 is 22.7 Å². The van der Waals surface area contributed by atoms with Gasteiger partial charge in [0.2, 0.25) is 0 Å². The summed E-state index contributed by atoms with van der Waals surface area (Å²) in [5.74, 6) is -0.544. The number of rotatable bonds is 4. The van der Waals surface area contributed by atoms with Crippen LogP contribution in [0.2, 0.25) is 0 Å². The third kappa shape index (κ3) is 4.30. The molecule has 0 aliphatic carbocycles. The Morgan fingerprint density at radius 1 is 1.10 bits per heavy atom. The second kappa shape index (κ2) is 7.57. The van der Waals surface area contributed by atoms with Gasteiger partial charge >= 0.3 is 11.9 Å². The van der Waals surface area contributed by atoms with Gasteiger partial charge in [-0.1, -0.05) is 12.1 Å². The summed E-state index contributed by atoms with van der Waals surface area (Å²) in [7, 11) is 0. The standard InChI is InChI=1S/C20H20F3N3O3/c21-20(22,23)14-2-1-3-15(11-14)26-8-6-25(7-9-26)12-17(27)13-4-5-16-18(10-13)29-19(28)24-16/h1-5,10-11,17,27H,6-9,12H2,(H,24,28)/t17-/m1/s1. The van der Waals surface area contributed by atoms with E-state index >= 15 is 0 Å². The average molecular weight is 407 g/mol. The number of fused-ring (bicyclic) bond motifs is 1. The quantitative estimate of drug-likeness (QED) is 0.696. The lowest BCUT2D eigenvalue weighted by molar-refractivity contribution is -0.137. The molecule has 1 fully saturated rings. The van der Waals surface area contributed by atoms with Gasteiger partial charge < -0.3 is 14.4 Å². The van der Waals surface area contributed by atoms with E-state index in [1.54, 1.807) is 24.3 Å². The summed E-state index contributed by atoms with van der Waals surface area (Å²) in [6, 6.07) is 10.4. The molecule has 4 rings (SSSR count). The molecule has 3 aromatic rings. The summed E-state index contributed by atoms with van der Waals surface area (Å²) in [5, 5.41) is 10.5. The summed E-state index contributed by atoms with van der Waals surface area (Å²) in [5.41, 5.74) is 1.50. The Bertz CT molecular complexity index is 1050. The van der Waals surface area contributed by atoms with Crippen molar-refractivity contribution in [3.8, 4) is 0 Å². The van der Waals surface area contributed by atoms with Crippen molar-refractivity contribution in [1.82, 2.24) is 9.88 Å². The van der Waals surface area contributed by atoms with Gasteiger partial charge in [-0.3, -0.25) is 9.88 Å². The first-order valence-electron chi connectivity index (χ1n) is 9.25. The number of aliphatic hydroxyl groups is 1. The molecule has 2 N–H and O–H groups in total. The van der Waals surface area contributed by atoms with E-state index < -0.39 is 23.6 Å². The lowest BCUT2D eigenvalue weighted by Gasteiger charge is -2.37. The van der Waals surface area contributed by atoms with Crippen molar-refractivity contribution in [2.24, 2.45) is 0 Å². The number of aromatic amines is 1. The van der Waals surface area contributed by atoms with E-state index in [0.717, 1.165) is 6.07 Å². The Morgan fingerprint density at radius 3 is 2.59 bits per heavy atom. The molecule has 6 nitrogen and oxygen atoms in total. The monoisotopic (exact) mass is 407 g/mol. The van der Waals surface area contributed by atoms with Crippen molar-refractivity contribution in [1.29, 1.82) is 0 Å². The smallest absolute Gasteiger partial charge is 0.408 e. The van der Waals surface area contributed by atoms with E-state index in [-0.39, 0.29) is 0 Å². The highest BCUT2D eigenvalue weighted by Crippen LogP contribution is 2.32. The average Bonchev–Trinajstić information content (AvgIpc) is 3.07. The fourth-order valence-corrected chi connectivity index (χ4v) is 3.59. The van der Waals surface area contributed by atoms with Gasteiger partial charge in [0.05, 0.1) is 17.2 Å². The van der Waals surface area contributed by atoms with Crippen LogP contribution in [-0.2, 0) is 6.18 Å². The number of benzene rings is 2. The highest BCUT2D eigenvalue weighted by atomic mass is 19.4. The summed E-state index contributed by atoms with van der Waals surface area (Å²) in [6.45, 7) is 2.76. The van der Waals surface area contributed by atoms with E-state index in [1.165, 1.54) is 12.1 Å². The number of hydrogen-bond donors (Lipinski definition) is 2. The van der Waals surface area contributed by atoms with Crippen LogP contribution in [0, 0.1) is 0 Å². The molecule has 0 spiro atoms. The molecule has 1 aromatic heterocycles. The number of halogens is 3. The van der Waals surface area contributed by atoms with Crippen molar-refractivity contribution >= 4 is 16.8 Å². The van der Waals surface area contributed by atoms with Gasteiger partial charge in [-0.2, -0.15) is 13.2 Å². The minimum absolute atomic E-state index is 0.386. The van der Waals surface area contributed by atoms with Gasteiger partial charge in [-0.05, 0) is 35.9 Å². The lowest BCUT2D eigenvalue weighted by atomic mass is 10.1. The fraction of sp³-hybridized carbons (Fsp3) is 0.350. The summed E-state index contributed by atoms with van der Waals surface area (Å²) >= 11 is 0. The maximum Gasteiger partial charge on any atom is 0.417 e. The topological polar surface area (TPSA) is 72.7 Å². The van der Waals surface area contributed by atoms with Gasteiger partial charge in [-0.25, -0.2) is 4.79 Å². The van der Waals surface area contributed by atoms with Crippen LogP contribution < -0.4 is 10.7 Å². The molecule has 1 aliphatic heterocycles. The number of aliphatic hydroxyl groups excluding tert-OH is 1. The van der Waals surface area contributed by atoms with Crippen molar-refractivity contribution in [2.45, 2.75) is 12.3 Å². The molecule has 1 atom stereocenters. The second-order valence-electron chi connectivity index (χ2n) is 7.12. The summed E-state index contributed by atoms with van der Waals surface area (Å²) in [4.78, 5) is 17.8. The van der Waals surface area contributed by atoms with E-state index in [0.29, 0.717) is 55.1 Å². The first kappa shape index (κ1) is 19.5. The molecular weight excluding hydrogens is 387 g/mol. The number of oxazole rings is 1. The highest BCUT2D eigenvalue weighted by Gasteiger charge is 2.31. The Hall–Kier alpha value is -2.78. The van der Waals surface area contributed by atoms with Gasteiger partial charge in [0.15, 0.2) is 5.58 Å². The third-order valence-electron chi connectivity index (χ3n) is 5.17. The molecule has 2 heterocycles. The number of anilines is 1. The molecule has 154 valence electrons. The SMILES string of the molecule is O=c1[nH]c2ccc([C@H](O)CN3CCN(c4cccc(C(F)(F)F)c4)CC3)cc2o1. The number of H-pyrrole nitrogens is 1. The molecule has 0 amide bonds. The lowest BCUT2D eigenvalue weighted by Crippen LogP contribution is -2.47. The van der Waals surface area contributed by atoms with Crippen LogP contribution in [-0.4, -0.2) is 47.7 Å². The highest BCUT2D eigenvalue weighted by molar-refractivity contribution is 5.72. The van der Waals surface area contributed by atoms with Gasteiger partial charge in [0, 0.05) is 38.4 Å². The van der Waals surface area contributed by atoms with E-state index in [2.05, 4.69) is 9.88 Å². The third-order valence-corrected chi connectivity index (χ3v) is 5.17. The van der Waals surface area contributed by atoms with Crippen LogP contribution in [0.3, 0.4) is 0 Å². The van der Waals surface area contributed by atoms with Crippen LogP contribution in [0.4, 0.5) is 18.9 Å². The van der Waals surface area contributed by atoms with Crippen molar-refractivity contribution in [3.63, 3.8) is 0 Å². The Balaban J connectivity index is 1.37. The largest absolute Gasteiger partial charge is 0.417 e. The van der Waals surface area contributed by atoms with Gasteiger partial charge in [-0.15, -0.1) is 0 Å². The zero-order valence-corrected chi connectivity index (χ0v) is 15.4. The molecule has 0 radical (unpaired) electrons. The summed E-state index contributed by atoms with van der Waals surface area (Å²) in [6.07, 6.45) is -5.12. The van der Waals surface area contributed by atoms with Crippen LogP contribution in [0.15, 0.2) is 51.7 Å². The van der Waals surface area contributed by atoms with E-state index in [4.69, 9.17) is 4.42 Å². The zero-order valence-electron chi connectivity index (χ0n) is 15.4. The predicted octanol–water partition coefficient (Wildman–Crippen LogP) is 3.00. The Morgan fingerprint density at radius 2 is 1.86 bits per heavy atom. The second-order valence-corrected chi connectivity index (χ2v) is 7.12. The fourth-order valence-electron chi connectivity index (χ4n) is 3.59. The van der Waals surface area contributed by atoms with E-state index in [1.807, 2.05) is 4.90 Å². The van der Waals surface area contributed by atoms with E-state index in [9.17, 15) is 23.1 Å². The maximum absolute atomic E-state index is 12.9. The zero-order chi connectivity index (χ0) is 20.6. The molecule has 2 aromatic carbocycles. The first-order chi connectivity index (χ1) is 13.8. The normalized spacial score (nSPS) is 17.0. The molecule has 0 saturated carbocycles. The van der Waals surface area contributed by atoms with Crippen LogP contribution in [0.1, 0.15) is 17.2 Å². The molecule has 0 unspecified atom stereocenters. The van der Waals surface area contributed by atoms with Crippen molar-refractivity contribution in [2.75, 3.05) is 37.6 Å². The Labute approximate surface area is 164 Å². The number of alkyl halides is 3. The number of nitrogens with zero attached hydrogens (tertiary/aromatic N) is 2. The molecule has 0 bridgehead atoms. The maximum atomic E-state index is 12.9. The Kier molecular flexibility index (Phi) is 5.10. The molecule has 9 heteroatoms. The number of β-amino-alcohol motifs (C(OH)–C–C–N with tert-alkyl or cyclic N) is 1. The minimum atomic E-state index is -4.36. The van der Waals surface area contributed by atoms with Crippen LogP contribution in [0.5, 0.6) is 0 Å². The minimum Gasteiger partial charge on any atom is -0.408 e. The molecular formula is C20H20F3N3O3. The predicted molar refractivity (Wildman–Crippen MR) is 102 cm³/mol. The number of aromatic nitrogens is 1.